The Morgan fingerprint density at radius 3 is 2.55 bits per heavy atom. The largest absolute Gasteiger partial charge is 0.508 e. The van der Waals surface area contributed by atoms with Crippen LogP contribution >= 0.6 is 11.6 Å². The zero-order valence-corrected chi connectivity index (χ0v) is 17.3. The normalized spacial score (nSPS) is 11.4. The van der Waals surface area contributed by atoms with E-state index in [0.717, 1.165) is 6.07 Å². The highest BCUT2D eigenvalue weighted by atomic mass is 35.5. The molecule has 0 radical (unpaired) electrons. The van der Waals surface area contributed by atoms with Gasteiger partial charge < -0.3 is 20.7 Å². The lowest BCUT2D eigenvalue weighted by Crippen LogP contribution is -2.20. The van der Waals surface area contributed by atoms with Crippen LogP contribution in [-0.2, 0) is 6.18 Å². The zero-order valence-electron chi connectivity index (χ0n) is 16.5. The van der Waals surface area contributed by atoms with Gasteiger partial charge in [0.15, 0.2) is 5.78 Å². The average Bonchev–Trinajstić information content (AvgIpc) is 3.15. The predicted molar refractivity (Wildman–Crippen MR) is 117 cm³/mol. The first kappa shape index (κ1) is 22.2. The standard InChI is InChI=1S/C22H14ClF3N4O3/c23-13-7-17-18(10-28-20(17)27-9-13)19(32)11-2-1-3-14(4-11)29-21(33)30-15-5-12(22(24,25)26)6-16(31)8-15/h1-10,31H,(H,27,28)(H2,29,30,33). The molecule has 0 aliphatic rings. The first-order valence-electron chi connectivity index (χ1n) is 9.37. The van der Waals surface area contributed by atoms with Crippen LogP contribution in [0.15, 0.2) is 60.9 Å². The maximum absolute atomic E-state index is 13.0. The number of halogens is 4. The molecule has 4 aromatic rings. The van der Waals surface area contributed by atoms with Gasteiger partial charge in [-0.25, -0.2) is 9.78 Å². The van der Waals surface area contributed by atoms with Crippen LogP contribution < -0.4 is 10.6 Å². The molecule has 4 N–H and O–H groups in total. The van der Waals surface area contributed by atoms with Crippen LogP contribution in [0.25, 0.3) is 11.0 Å². The lowest BCUT2D eigenvalue weighted by Gasteiger charge is -2.12. The van der Waals surface area contributed by atoms with Crippen molar-refractivity contribution in [2.75, 3.05) is 10.6 Å². The summed E-state index contributed by atoms with van der Waals surface area (Å²) >= 11 is 5.97. The van der Waals surface area contributed by atoms with E-state index in [-0.39, 0.29) is 22.7 Å². The monoisotopic (exact) mass is 474 g/mol. The van der Waals surface area contributed by atoms with Crippen LogP contribution in [0.5, 0.6) is 5.75 Å². The molecular formula is C22H14ClF3N4O3. The second-order valence-electron chi connectivity index (χ2n) is 7.01. The van der Waals surface area contributed by atoms with Crippen molar-refractivity contribution in [3.05, 3.63) is 82.6 Å². The Balaban J connectivity index is 1.53. The summed E-state index contributed by atoms with van der Waals surface area (Å²) in [6.07, 6.45) is -1.74. The lowest BCUT2D eigenvalue weighted by atomic mass is 10.0. The number of aromatic hydroxyl groups is 1. The molecule has 7 nitrogen and oxygen atoms in total. The number of phenolic OH excluding ortho intramolecular Hbond substituents is 1. The number of amides is 2. The van der Waals surface area contributed by atoms with E-state index >= 15 is 0 Å². The molecule has 168 valence electrons. The number of alkyl halides is 3. The van der Waals surface area contributed by atoms with Crippen LogP contribution in [0, 0.1) is 0 Å². The van der Waals surface area contributed by atoms with E-state index < -0.39 is 23.5 Å². The van der Waals surface area contributed by atoms with Crippen molar-refractivity contribution in [2.45, 2.75) is 6.18 Å². The molecule has 11 heteroatoms. The van der Waals surface area contributed by atoms with Crippen molar-refractivity contribution >= 4 is 45.8 Å². The Kier molecular flexibility index (Phi) is 5.69. The van der Waals surface area contributed by atoms with Gasteiger partial charge in [0.25, 0.3) is 0 Å². The molecule has 4 rings (SSSR count). The number of hydrogen-bond acceptors (Lipinski definition) is 4. The highest BCUT2D eigenvalue weighted by Gasteiger charge is 2.31. The van der Waals surface area contributed by atoms with E-state index in [0.29, 0.717) is 33.8 Å². The van der Waals surface area contributed by atoms with Crippen molar-refractivity contribution in [3.63, 3.8) is 0 Å². The lowest BCUT2D eigenvalue weighted by molar-refractivity contribution is -0.137. The molecule has 2 heterocycles. The Morgan fingerprint density at radius 1 is 1.03 bits per heavy atom. The maximum Gasteiger partial charge on any atom is 0.416 e. The Morgan fingerprint density at radius 2 is 1.79 bits per heavy atom. The molecule has 0 saturated carbocycles. The van der Waals surface area contributed by atoms with Gasteiger partial charge in [0.1, 0.15) is 11.4 Å². The number of carbonyl (C=O) groups excluding carboxylic acids is 2. The van der Waals surface area contributed by atoms with Crippen LogP contribution in [0.3, 0.4) is 0 Å². The van der Waals surface area contributed by atoms with E-state index in [2.05, 4.69) is 20.6 Å². The van der Waals surface area contributed by atoms with Crippen LogP contribution in [0.2, 0.25) is 5.02 Å². The summed E-state index contributed by atoms with van der Waals surface area (Å²) in [6.45, 7) is 0. The molecule has 0 unspecified atom stereocenters. The number of carbonyl (C=O) groups is 2. The van der Waals surface area contributed by atoms with Gasteiger partial charge in [0.2, 0.25) is 0 Å². The molecule has 2 amide bonds. The number of anilines is 2. The Labute approximate surface area is 189 Å². The summed E-state index contributed by atoms with van der Waals surface area (Å²) in [5.74, 6) is -1.00. The molecule has 2 aromatic heterocycles. The van der Waals surface area contributed by atoms with Gasteiger partial charge in [-0.1, -0.05) is 23.7 Å². The van der Waals surface area contributed by atoms with Crippen molar-refractivity contribution < 1.29 is 27.9 Å². The second kappa shape index (κ2) is 8.47. The summed E-state index contributed by atoms with van der Waals surface area (Å²) in [5, 5.41) is 15.1. The number of aromatic amines is 1. The first-order chi connectivity index (χ1) is 15.6. The van der Waals surface area contributed by atoms with E-state index in [1.165, 1.54) is 24.5 Å². The van der Waals surface area contributed by atoms with Gasteiger partial charge in [-0.3, -0.25) is 4.79 Å². The molecule has 0 bridgehead atoms. The number of ketones is 1. The fourth-order valence-corrected chi connectivity index (χ4v) is 3.36. The summed E-state index contributed by atoms with van der Waals surface area (Å²) in [4.78, 5) is 32.3. The van der Waals surface area contributed by atoms with Crippen molar-refractivity contribution in [1.29, 1.82) is 0 Å². The summed E-state index contributed by atoms with van der Waals surface area (Å²) in [7, 11) is 0. The number of benzene rings is 2. The quantitative estimate of drug-likeness (QED) is 0.280. The van der Waals surface area contributed by atoms with E-state index in [1.54, 1.807) is 18.2 Å². The Hall–Kier alpha value is -4.05. The summed E-state index contributed by atoms with van der Waals surface area (Å²) in [6, 6.07) is 8.98. The second-order valence-corrected chi connectivity index (χ2v) is 7.44. The summed E-state index contributed by atoms with van der Waals surface area (Å²) in [5.41, 5.74) is -0.0633. The molecular weight excluding hydrogens is 461 g/mol. The van der Waals surface area contributed by atoms with Gasteiger partial charge in [-0.2, -0.15) is 13.2 Å². The highest BCUT2D eigenvalue weighted by Crippen LogP contribution is 2.33. The topological polar surface area (TPSA) is 107 Å². The number of fused-ring (bicyclic) bond motifs is 1. The molecule has 0 atom stereocenters. The number of H-pyrrole nitrogens is 1. The van der Waals surface area contributed by atoms with Gasteiger partial charge >= 0.3 is 12.2 Å². The highest BCUT2D eigenvalue weighted by molar-refractivity contribution is 6.31. The SMILES string of the molecule is O=C(Nc1cccc(C(=O)c2c[nH]c3ncc(Cl)cc23)c1)Nc1cc(O)cc(C(F)(F)F)c1. The minimum atomic E-state index is -4.69. The fourth-order valence-electron chi connectivity index (χ4n) is 3.20. The van der Waals surface area contributed by atoms with Gasteiger partial charge in [0.05, 0.1) is 10.6 Å². The van der Waals surface area contributed by atoms with E-state index in [4.69, 9.17) is 11.6 Å². The van der Waals surface area contributed by atoms with Gasteiger partial charge in [-0.15, -0.1) is 0 Å². The summed E-state index contributed by atoms with van der Waals surface area (Å²) < 4.78 is 38.7. The van der Waals surface area contributed by atoms with Crippen LogP contribution in [0.4, 0.5) is 29.3 Å². The maximum atomic E-state index is 13.0. The molecule has 0 aliphatic heterocycles. The number of pyridine rings is 1. The minimum Gasteiger partial charge on any atom is -0.508 e. The van der Waals surface area contributed by atoms with Crippen LogP contribution in [-0.4, -0.2) is 26.9 Å². The van der Waals surface area contributed by atoms with Crippen molar-refractivity contribution in [3.8, 4) is 5.75 Å². The third-order valence-corrected chi connectivity index (χ3v) is 4.83. The smallest absolute Gasteiger partial charge is 0.416 e. The predicted octanol–water partition coefficient (Wildman–Crippen LogP) is 5.82. The van der Waals surface area contributed by atoms with Crippen LogP contribution in [0.1, 0.15) is 21.5 Å². The molecule has 33 heavy (non-hydrogen) atoms. The molecule has 0 spiro atoms. The third-order valence-electron chi connectivity index (χ3n) is 4.63. The first-order valence-corrected chi connectivity index (χ1v) is 9.74. The number of urea groups is 1. The number of hydrogen-bond donors (Lipinski definition) is 4. The number of rotatable bonds is 4. The molecule has 2 aromatic carbocycles. The van der Waals surface area contributed by atoms with Gasteiger partial charge in [0, 0.05) is 46.3 Å². The number of nitrogens with one attached hydrogen (secondary N) is 3. The van der Waals surface area contributed by atoms with Gasteiger partial charge in [-0.05, 0) is 30.3 Å². The Bertz CT molecular complexity index is 1390. The number of phenols is 1. The average molecular weight is 475 g/mol. The molecule has 0 aliphatic carbocycles. The third kappa shape index (κ3) is 4.90. The molecule has 0 fully saturated rings. The van der Waals surface area contributed by atoms with E-state index in [1.807, 2.05) is 0 Å². The molecule has 0 saturated heterocycles. The fraction of sp³-hybridized carbons (Fsp3) is 0.0455. The van der Waals surface area contributed by atoms with E-state index in [9.17, 15) is 27.9 Å². The van der Waals surface area contributed by atoms with Crippen molar-refractivity contribution in [1.82, 2.24) is 9.97 Å². The zero-order chi connectivity index (χ0) is 23.8. The van der Waals surface area contributed by atoms with Crippen molar-refractivity contribution in [2.24, 2.45) is 0 Å². The number of nitrogens with zero attached hydrogens (tertiary/aromatic N) is 1. The minimum absolute atomic E-state index is 0.227. The number of aromatic nitrogens is 2.